The lowest BCUT2D eigenvalue weighted by molar-refractivity contribution is -0.139. The van der Waals surface area contributed by atoms with Gasteiger partial charge in [0.2, 0.25) is 0 Å². The van der Waals surface area contributed by atoms with Gasteiger partial charge in [-0.15, -0.1) is 0 Å². The van der Waals surface area contributed by atoms with Gasteiger partial charge in [0.1, 0.15) is 5.82 Å². The Morgan fingerprint density at radius 2 is 1.96 bits per heavy atom. The van der Waals surface area contributed by atoms with E-state index in [4.69, 9.17) is 4.74 Å². The van der Waals surface area contributed by atoms with Crippen LogP contribution in [0.4, 0.5) is 4.39 Å². The van der Waals surface area contributed by atoms with Crippen molar-refractivity contribution in [3.63, 3.8) is 0 Å². The zero-order chi connectivity index (χ0) is 18.6. The molecule has 0 saturated carbocycles. The first kappa shape index (κ1) is 18.6. The number of rotatable bonds is 6. The number of methoxy groups -OCH3 is 1. The Morgan fingerprint density at radius 3 is 2.52 bits per heavy atom. The fraction of sp³-hybridized carbons (Fsp3) is 0.389. The van der Waals surface area contributed by atoms with Gasteiger partial charge < -0.3 is 4.74 Å². The van der Waals surface area contributed by atoms with Crippen molar-refractivity contribution in [3.05, 3.63) is 51.7 Å². The van der Waals surface area contributed by atoms with E-state index in [1.807, 2.05) is 13.8 Å². The van der Waals surface area contributed by atoms with Gasteiger partial charge in [-0.1, -0.05) is 13.8 Å². The standard InChI is InChI=1S/C18H22FN3O3/c1-11(2)10-20-12(3)17-15(9-16(23)25-4)21-22(18(17)24)14-7-5-13(19)6-8-14/h5-8,11,21H,9-10H2,1-4H3. The summed E-state index contributed by atoms with van der Waals surface area (Å²) in [6, 6.07) is 5.50. The topological polar surface area (TPSA) is 76.5 Å². The molecule has 0 spiro atoms. The average molecular weight is 347 g/mol. The zero-order valence-electron chi connectivity index (χ0n) is 14.8. The molecule has 1 N–H and O–H groups in total. The van der Waals surface area contributed by atoms with Crippen LogP contribution < -0.4 is 5.56 Å². The van der Waals surface area contributed by atoms with Crippen molar-refractivity contribution in [1.29, 1.82) is 0 Å². The Kier molecular flexibility index (Phi) is 5.90. The van der Waals surface area contributed by atoms with Crippen molar-refractivity contribution in [2.75, 3.05) is 13.7 Å². The maximum Gasteiger partial charge on any atom is 0.311 e. The predicted octanol–water partition coefficient (Wildman–Crippen LogP) is 2.49. The number of aromatic nitrogens is 2. The van der Waals surface area contributed by atoms with Crippen molar-refractivity contribution in [2.45, 2.75) is 27.2 Å². The van der Waals surface area contributed by atoms with E-state index in [0.29, 0.717) is 35.1 Å². The zero-order valence-corrected chi connectivity index (χ0v) is 14.8. The molecule has 1 aromatic carbocycles. The van der Waals surface area contributed by atoms with Gasteiger partial charge in [0.05, 0.1) is 30.5 Å². The molecule has 1 heterocycles. The highest BCUT2D eigenvalue weighted by Crippen LogP contribution is 2.12. The first-order valence-electron chi connectivity index (χ1n) is 8.01. The van der Waals surface area contributed by atoms with E-state index in [0.717, 1.165) is 0 Å². The van der Waals surface area contributed by atoms with E-state index in [1.54, 1.807) is 6.92 Å². The SMILES string of the molecule is COC(=O)Cc1[nH]n(-c2ccc(F)cc2)c(=O)c1C(C)=NCC(C)C. The van der Waals surface area contributed by atoms with Crippen LogP contribution in [0.25, 0.3) is 5.69 Å². The Bertz CT molecular complexity index is 832. The van der Waals surface area contributed by atoms with Gasteiger partial charge in [-0.05, 0) is 37.1 Å². The molecule has 2 aromatic rings. The quantitative estimate of drug-likeness (QED) is 0.644. The fourth-order valence-corrected chi connectivity index (χ4v) is 2.37. The molecule has 0 amide bonds. The van der Waals surface area contributed by atoms with Crippen LogP contribution in [0.2, 0.25) is 0 Å². The summed E-state index contributed by atoms with van der Waals surface area (Å²) in [6.45, 7) is 6.37. The molecule has 134 valence electrons. The summed E-state index contributed by atoms with van der Waals surface area (Å²) >= 11 is 0. The molecule has 0 bridgehead atoms. The third kappa shape index (κ3) is 4.43. The summed E-state index contributed by atoms with van der Waals surface area (Å²) in [6.07, 6.45) is -0.0796. The Balaban J connectivity index is 2.55. The number of nitrogens with zero attached hydrogens (tertiary/aromatic N) is 2. The highest BCUT2D eigenvalue weighted by molar-refractivity contribution is 6.00. The Labute approximate surface area is 145 Å². The highest BCUT2D eigenvalue weighted by Gasteiger charge is 2.20. The van der Waals surface area contributed by atoms with Crippen molar-refractivity contribution >= 4 is 11.7 Å². The van der Waals surface area contributed by atoms with Crippen molar-refractivity contribution in [2.24, 2.45) is 10.9 Å². The van der Waals surface area contributed by atoms with Gasteiger partial charge in [-0.25, -0.2) is 9.07 Å². The summed E-state index contributed by atoms with van der Waals surface area (Å²) in [5, 5.41) is 2.92. The van der Waals surface area contributed by atoms with Crippen LogP contribution in [0.5, 0.6) is 0 Å². The normalized spacial score (nSPS) is 11.8. The molecule has 0 aliphatic heterocycles. The van der Waals surface area contributed by atoms with E-state index in [1.165, 1.54) is 36.1 Å². The number of benzene rings is 1. The van der Waals surface area contributed by atoms with Crippen LogP contribution in [0, 0.1) is 11.7 Å². The highest BCUT2D eigenvalue weighted by atomic mass is 19.1. The van der Waals surface area contributed by atoms with Gasteiger partial charge in [-0.2, -0.15) is 0 Å². The third-order valence-corrected chi connectivity index (χ3v) is 3.65. The molecular weight excluding hydrogens is 325 g/mol. The second-order valence-corrected chi connectivity index (χ2v) is 6.16. The maximum atomic E-state index is 13.1. The van der Waals surface area contributed by atoms with Gasteiger partial charge >= 0.3 is 5.97 Å². The van der Waals surface area contributed by atoms with Gasteiger partial charge in [0.25, 0.3) is 5.56 Å². The minimum Gasteiger partial charge on any atom is -0.469 e. The molecule has 0 atom stereocenters. The van der Waals surface area contributed by atoms with Crippen LogP contribution in [0.1, 0.15) is 32.0 Å². The van der Waals surface area contributed by atoms with Crippen molar-refractivity contribution in [1.82, 2.24) is 9.78 Å². The third-order valence-electron chi connectivity index (χ3n) is 3.65. The number of aliphatic imine (C=N–C) groups is 1. The molecule has 2 rings (SSSR count). The molecule has 0 aliphatic carbocycles. The number of hydrogen-bond acceptors (Lipinski definition) is 4. The minimum atomic E-state index is -0.467. The van der Waals surface area contributed by atoms with E-state index in [9.17, 15) is 14.0 Å². The lowest BCUT2D eigenvalue weighted by atomic mass is 10.1. The molecular formula is C18H22FN3O3. The smallest absolute Gasteiger partial charge is 0.311 e. The first-order chi connectivity index (χ1) is 11.8. The van der Waals surface area contributed by atoms with Crippen LogP contribution in [-0.2, 0) is 16.0 Å². The predicted molar refractivity (Wildman–Crippen MR) is 94.0 cm³/mol. The monoisotopic (exact) mass is 347 g/mol. The number of carbonyl (C=O) groups excluding carboxylic acids is 1. The lowest BCUT2D eigenvalue weighted by Crippen LogP contribution is -2.20. The summed E-state index contributed by atoms with van der Waals surface area (Å²) in [5.41, 5.74) is 1.45. The molecule has 7 heteroatoms. The van der Waals surface area contributed by atoms with Gasteiger partial charge in [0, 0.05) is 12.3 Å². The number of halogens is 1. The average Bonchev–Trinajstić information content (AvgIpc) is 2.89. The summed E-state index contributed by atoms with van der Waals surface area (Å²) in [4.78, 5) is 29.0. The second-order valence-electron chi connectivity index (χ2n) is 6.16. The number of nitrogens with one attached hydrogen (secondary N) is 1. The number of hydrogen-bond donors (Lipinski definition) is 1. The molecule has 1 aromatic heterocycles. The first-order valence-corrected chi connectivity index (χ1v) is 8.01. The largest absolute Gasteiger partial charge is 0.469 e. The summed E-state index contributed by atoms with van der Waals surface area (Å²) < 4.78 is 19.1. The van der Waals surface area contributed by atoms with Crippen LogP contribution in [0.3, 0.4) is 0 Å². The minimum absolute atomic E-state index is 0.0796. The molecule has 0 aliphatic rings. The molecule has 6 nitrogen and oxygen atoms in total. The molecule has 0 radical (unpaired) electrons. The van der Waals surface area contributed by atoms with E-state index in [2.05, 4.69) is 10.1 Å². The van der Waals surface area contributed by atoms with Gasteiger partial charge in [0.15, 0.2) is 0 Å². The van der Waals surface area contributed by atoms with E-state index >= 15 is 0 Å². The Hall–Kier alpha value is -2.70. The number of esters is 1. The number of aromatic amines is 1. The van der Waals surface area contributed by atoms with Crippen molar-refractivity contribution < 1.29 is 13.9 Å². The molecule has 0 saturated heterocycles. The molecule has 25 heavy (non-hydrogen) atoms. The maximum absolute atomic E-state index is 13.1. The second kappa shape index (κ2) is 7.92. The summed E-state index contributed by atoms with van der Waals surface area (Å²) in [5.74, 6) is -0.518. The van der Waals surface area contributed by atoms with E-state index < -0.39 is 11.8 Å². The number of ether oxygens (including phenoxy) is 1. The van der Waals surface area contributed by atoms with E-state index in [-0.39, 0.29) is 12.0 Å². The van der Waals surface area contributed by atoms with Gasteiger partial charge in [-0.3, -0.25) is 19.7 Å². The lowest BCUT2D eigenvalue weighted by Gasteiger charge is -2.03. The van der Waals surface area contributed by atoms with Crippen LogP contribution in [-0.4, -0.2) is 35.1 Å². The van der Waals surface area contributed by atoms with Crippen LogP contribution >= 0.6 is 0 Å². The molecule has 0 unspecified atom stereocenters. The molecule has 0 fully saturated rings. The number of carbonyl (C=O) groups is 1. The fourth-order valence-electron chi connectivity index (χ4n) is 2.37. The van der Waals surface area contributed by atoms with Crippen LogP contribution in [0.15, 0.2) is 34.1 Å². The number of H-pyrrole nitrogens is 1. The summed E-state index contributed by atoms with van der Waals surface area (Å²) in [7, 11) is 1.29. The van der Waals surface area contributed by atoms with Crippen molar-refractivity contribution in [3.8, 4) is 5.69 Å². The Morgan fingerprint density at radius 1 is 1.32 bits per heavy atom.